The lowest BCUT2D eigenvalue weighted by atomic mass is 9.99. The van der Waals surface area contributed by atoms with Gasteiger partial charge in [-0.1, -0.05) is 53.6 Å². The van der Waals surface area contributed by atoms with E-state index in [1.165, 1.54) is 13.3 Å². The number of methoxy groups -OCH3 is 1. The van der Waals surface area contributed by atoms with Gasteiger partial charge in [0.05, 0.1) is 18.9 Å². The van der Waals surface area contributed by atoms with Crippen molar-refractivity contribution in [1.82, 2.24) is 10.4 Å². The molecule has 7 nitrogen and oxygen atoms in total. The smallest absolute Gasteiger partial charge is 0.343 e. The molecule has 0 aliphatic heterocycles. The quantitative estimate of drug-likeness (QED) is 0.0976. The molecule has 0 fully saturated rings. The first-order valence-electron chi connectivity index (χ1n) is 12.5. The van der Waals surface area contributed by atoms with E-state index in [1.807, 2.05) is 44.2 Å². The number of aromatic amines is 1. The van der Waals surface area contributed by atoms with Crippen molar-refractivity contribution in [3.63, 3.8) is 0 Å². The summed E-state index contributed by atoms with van der Waals surface area (Å²) in [6.45, 7) is 4.06. The molecule has 5 rings (SSSR count). The Morgan fingerprint density at radius 3 is 2.40 bits per heavy atom. The largest absolute Gasteiger partial charge is 0.493 e. The number of benzene rings is 4. The summed E-state index contributed by atoms with van der Waals surface area (Å²) in [5.74, 6) is -0.323. The number of hydrogen-bond acceptors (Lipinski definition) is 5. The number of nitrogens with one attached hydrogen (secondary N) is 2. The van der Waals surface area contributed by atoms with E-state index in [0.29, 0.717) is 27.6 Å². The molecule has 8 heteroatoms. The first-order valence-corrected chi connectivity index (χ1v) is 12.9. The molecule has 1 heterocycles. The van der Waals surface area contributed by atoms with Crippen LogP contribution in [-0.2, 0) is 0 Å². The highest BCUT2D eigenvalue weighted by Gasteiger charge is 2.20. The average Bonchev–Trinajstić information content (AvgIpc) is 3.34. The average molecular weight is 552 g/mol. The van der Waals surface area contributed by atoms with Crippen LogP contribution in [0.1, 0.15) is 37.5 Å². The number of esters is 1. The second kappa shape index (κ2) is 11.5. The van der Waals surface area contributed by atoms with Crippen LogP contribution in [0.25, 0.3) is 22.0 Å². The Morgan fingerprint density at radius 2 is 1.68 bits per heavy atom. The maximum atomic E-state index is 13.3. The lowest BCUT2D eigenvalue weighted by Gasteiger charge is -2.10. The Morgan fingerprint density at radius 1 is 0.925 bits per heavy atom. The van der Waals surface area contributed by atoms with Crippen LogP contribution in [0.5, 0.6) is 11.5 Å². The fraction of sp³-hybridized carbons (Fsp3) is 0.0938. The summed E-state index contributed by atoms with van der Waals surface area (Å²) in [6, 6.07) is 25.3. The highest BCUT2D eigenvalue weighted by molar-refractivity contribution is 6.30. The van der Waals surface area contributed by atoms with E-state index >= 15 is 0 Å². The fourth-order valence-corrected chi connectivity index (χ4v) is 4.67. The van der Waals surface area contributed by atoms with Crippen LogP contribution in [0.2, 0.25) is 5.02 Å². The number of H-pyrrole nitrogens is 1. The minimum atomic E-state index is -0.540. The summed E-state index contributed by atoms with van der Waals surface area (Å²) >= 11 is 5.89. The number of rotatable bonds is 7. The molecule has 0 aliphatic rings. The van der Waals surface area contributed by atoms with Gasteiger partial charge in [0.25, 0.3) is 5.91 Å². The molecule has 0 saturated carbocycles. The van der Waals surface area contributed by atoms with Crippen LogP contribution in [0.3, 0.4) is 0 Å². The van der Waals surface area contributed by atoms with Gasteiger partial charge < -0.3 is 14.5 Å². The molecule has 40 heavy (non-hydrogen) atoms. The first kappa shape index (κ1) is 26.7. The van der Waals surface area contributed by atoms with E-state index in [2.05, 4.69) is 27.6 Å². The van der Waals surface area contributed by atoms with Gasteiger partial charge in [0.2, 0.25) is 0 Å². The van der Waals surface area contributed by atoms with Gasteiger partial charge in [0, 0.05) is 21.5 Å². The number of halogens is 1. The van der Waals surface area contributed by atoms with Crippen LogP contribution in [0, 0.1) is 13.8 Å². The molecule has 200 valence electrons. The lowest BCUT2D eigenvalue weighted by molar-refractivity contribution is 0.0729. The van der Waals surface area contributed by atoms with Crippen molar-refractivity contribution >= 4 is 40.6 Å². The van der Waals surface area contributed by atoms with E-state index in [4.69, 9.17) is 21.1 Å². The van der Waals surface area contributed by atoms with Crippen molar-refractivity contribution in [2.24, 2.45) is 5.10 Å². The molecule has 0 bridgehead atoms. The summed E-state index contributed by atoms with van der Waals surface area (Å²) in [4.78, 5) is 29.1. The number of hydrazone groups is 1. The van der Waals surface area contributed by atoms with Crippen LogP contribution in [0.15, 0.2) is 90.0 Å². The first-order chi connectivity index (χ1) is 19.3. The summed E-state index contributed by atoms with van der Waals surface area (Å²) < 4.78 is 10.9. The van der Waals surface area contributed by atoms with Crippen molar-refractivity contribution < 1.29 is 19.1 Å². The predicted molar refractivity (Wildman–Crippen MR) is 158 cm³/mol. The van der Waals surface area contributed by atoms with Crippen molar-refractivity contribution in [3.8, 4) is 22.6 Å². The minimum absolute atomic E-state index is 0.250. The number of carbonyl (C=O) groups is 2. The second-order valence-electron chi connectivity index (χ2n) is 9.25. The zero-order valence-electron chi connectivity index (χ0n) is 22.1. The standard InChI is InChI=1S/C32H26ClN3O4/c1-19-15-20(2)29-25(16-19)28(22-7-5-4-6-8-22)30(35-29)31(37)36-34-18-21-9-14-26(27(17-21)39-3)40-32(38)23-10-12-24(33)13-11-23/h4-18,35H,1-3H3,(H,36,37). The molecule has 0 aliphatic carbocycles. The van der Waals surface area contributed by atoms with Gasteiger partial charge in [-0.05, 0) is 79.1 Å². The maximum Gasteiger partial charge on any atom is 0.343 e. The molecule has 1 aromatic heterocycles. The van der Waals surface area contributed by atoms with E-state index in [-0.39, 0.29) is 11.7 Å². The van der Waals surface area contributed by atoms with E-state index < -0.39 is 5.97 Å². The van der Waals surface area contributed by atoms with Crippen molar-refractivity contribution in [2.45, 2.75) is 13.8 Å². The molecular weight excluding hydrogens is 526 g/mol. The third-order valence-electron chi connectivity index (χ3n) is 6.39. The summed E-state index contributed by atoms with van der Waals surface area (Å²) in [5, 5.41) is 5.67. The van der Waals surface area contributed by atoms with Crippen molar-refractivity contribution in [3.05, 3.63) is 118 Å². The molecule has 2 N–H and O–H groups in total. The Bertz CT molecular complexity index is 1740. The van der Waals surface area contributed by atoms with E-state index in [0.717, 1.165) is 33.2 Å². The lowest BCUT2D eigenvalue weighted by Crippen LogP contribution is -2.18. The second-order valence-corrected chi connectivity index (χ2v) is 9.69. The number of carbonyl (C=O) groups excluding carboxylic acids is 2. The van der Waals surface area contributed by atoms with Gasteiger partial charge in [0.15, 0.2) is 11.5 Å². The molecule has 0 saturated heterocycles. The zero-order chi connectivity index (χ0) is 28.2. The molecule has 0 radical (unpaired) electrons. The van der Waals surface area contributed by atoms with Gasteiger partial charge in [-0.3, -0.25) is 4.79 Å². The molecule has 5 aromatic rings. The van der Waals surface area contributed by atoms with Crippen molar-refractivity contribution in [2.75, 3.05) is 7.11 Å². The van der Waals surface area contributed by atoms with Crippen LogP contribution in [0.4, 0.5) is 0 Å². The Kier molecular flexibility index (Phi) is 7.66. The van der Waals surface area contributed by atoms with Gasteiger partial charge in [-0.25, -0.2) is 10.2 Å². The van der Waals surface area contributed by atoms with Gasteiger partial charge >= 0.3 is 5.97 Å². The molecular formula is C32H26ClN3O4. The molecule has 4 aromatic carbocycles. The van der Waals surface area contributed by atoms with E-state index in [9.17, 15) is 9.59 Å². The maximum absolute atomic E-state index is 13.3. The summed E-state index contributed by atoms with van der Waals surface area (Å²) in [7, 11) is 1.47. The minimum Gasteiger partial charge on any atom is -0.493 e. The number of amides is 1. The monoisotopic (exact) mass is 551 g/mol. The highest BCUT2D eigenvalue weighted by Crippen LogP contribution is 2.35. The Balaban J connectivity index is 1.36. The predicted octanol–water partition coefficient (Wildman–Crippen LogP) is 7.10. The third-order valence-corrected chi connectivity index (χ3v) is 6.64. The number of aromatic nitrogens is 1. The van der Waals surface area contributed by atoms with Crippen LogP contribution in [-0.4, -0.2) is 30.2 Å². The molecule has 0 unspecified atom stereocenters. The number of fused-ring (bicyclic) bond motifs is 1. The van der Waals surface area contributed by atoms with Gasteiger partial charge in [-0.2, -0.15) is 5.10 Å². The SMILES string of the molecule is COc1cc(C=NNC(=O)c2[nH]c3c(C)cc(C)cc3c2-c2ccccc2)ccc1OC(=O)c1ccc(Cl)cc1. The van der Waals surface area contributed by atoms with Crippen molar-refractivity contribution in [1.29, 1.82) is 0 Å². The van der Waals surface area contributed by atoms with Crippen LogP contribution >= 0.6 is 11.6 Å². The number of hydrogen-bond donors (Lipinski definition) is 2. The highest BCUT2D eigenvalue weighted by atomic mass is 35.5. The Labute approximate surface area is 236 Å². The van der Waals surface area contributed by atoms with Gasteiger partial charge in [-0.15, -0.1) is 0 Å². The van der Waals surface area contributed by atoms with E-state index in [1.54, 1.807) is 42.5 Å². The number of ether oxygens (including phenoxy) is 2. The normalized spacial score (nSPS) is 11.1. The number of aryl methyl sites for hydroxylation is 2. The summed E-state index contributed by atoms with van der Waals surface area (Å²) in [5.41, 5.74) is 8.87. The molecule has 0 spiro atoms. The fourth-order valence-electron chi connectivity index (χ4n) is 4.54. The molecule has 1 amide bonds. The number of nitrogens with zero attached hydrogens (tertiary/aromatic N) is 1. The summed E-state index contributed by atoms with van der Waals surface area (Å²) in [6.07, 6.45) is 1.49. The third kappa shape index (κ3) is 5.60. The molecule has 0 atom stereocenters. The van der Waals surface area contributed by atoms with Gasteiger partial charge in [0.1, 0.15) is 5.69 Å². The van der Waals surface area contributed by atoms with Crippen LogP contribution < -0.4 is 14.9 Å². The zero-order valence-corrected chi connectivity index (χ0v) is 22.9. The topological polar surface area (TPSA) is 92.8 Å². The Hall–Kier alpha value is -4.88.